The SMILES string of the molecule is CC(O)C(C)(C)CO.OO. The Morgan fingerprint density at radius 1 is 1.30 bits per heavy atom. The van der Waals surface area contributed by atoms with Gasteiger partial charge in [-0.2, -0.15) is 0 Å². The molecule has 0 rings (SSSR count). The fraction of sp³-hybridized carbons (Fsp3) is 1.00. The predicted molar refractivity (Wildman–Crippen MR) is 37.8 cm³/mol. The first-order valence-electron chi connectivity index (χ1n) is 2.99. The number of hydrogen-bond acceptors (Lipinski definition) is 4. The maximum absolute atomic E-state index is 8.92. The Bertz CT molecular complexity index is 70.1. The lowest BCUT2D eigenvalue weighted by Crippen LogP contribution is -2.29. The third-order valence-corrected chi connectivity index (χ3v) is 1.54. The van der Waals surface area contributed by atoms with Crippen molar-refractivity contribution in [2.24, 2.45) is 5.41 Å². The standard InChI is InChI=1S/C6H14O2.H2O2/c1-5(8)6(2,3)4-7;1-2/h5,7-8H,4H2,1-3H3;1-2H. The minimum Gasteiger partial charge on any atom is -0.396 e. The first-order chi connectivity index (χ1) is 4.50. The van der Waals surface area contributed by atoms with Crippen molar-refractivity contribution in [3.8, 4) is 0 Å². The van der Waals surface area contributed by atoms with Gasteiger partial charge in [0.05, 0.1) is 12.7 Å². The number of rotatable bonds is 2. The Morgan fingerprint density at radius 3 is 1.60 bits per heavy atom. The molecule has 0 aromatic heterocycles. The van der Waals surface area contributed by atoms with E-state index < -0.39 is 6.10 Å². The number of aliphatic hydroxyl groups excluding tert-OH is 2. The summed E-state index contributed by atoms with van der Waals surface area (Å²) in [6, 6.07) is 0. The summed E-state index contributed by atoms with van der Waals surface area (Å²) >= 11 is 0. The molecular weight excluding hydrogens is 136 g/mol. The minimum atomic E-state index is -0.438. The van der Waals surface area contributed by atoms with E-state index in [0.29, 0.717) is 0 Å². The maximum Gasteiger partial charge on any atom is 0.0584 e. The summed E-state index contributed by atoms with van der Waals surface area (Å²) in [5, 5.41) is 29.5. The van der Waals surface area contributed by atoms with Crippen LogP contribution in [0.3, 0.4) is 0 Å². The van der Waals surface area contributed by atoms with Crippen LogP contribution in [-0.4, -0.2) is 33.4 Å². The molecule has 0 aromatic carbocycles. The number of aliphatic hydroxyl groups is 2. The molecule has 4 nitrogen and oxygen atoms in total. The van der Waals surface area contributed by atoms with E-state index in [9.17, 15) is 0 Å². The van der Waals surface area contributed by atoms with Gasteiger partial charge in [0, 0.05) is 5.41 Å². The Balaban J connectivity index is 0. The second-order valence-electron chi connectivity index (χ2n) is 2.82. The van der Waals surface area contributed by atoms with Crippen LogP contribution in [-0.2, 0) is 0 Å². The largest absolute Gasteiger partial charge is 0.396 e. The summed E-state index contributed by atoms with van der Waals surface area (Å²) in [5.41, 5.74) is -0.347. The summed E-state index contributed by atoms with van der Waals surface area (Å²) in [7, 11) is 0. The number of hydrogen-bond donors (Lipinski definition) is 4. The van der Waals surface area contributed by atoms with E-state index in [2.05, 4.69) is 0 Å². The van der Waals surface area contributed by atoms with Crippen LogP contribution in [0.25, 0.3) is 0 Å². The van der Waals surface area contributed by atoms with Crippen LogP contribution in [0.15, 0.2) is 0 Å². The molecule has 0 aromatic rings. The highest BCUT2D eigenvalue weighted by molar-refractivity contribution is 4.72. The van der Waals surface area contributed by atoms with Gasteiger partial charge in [0.15, 0.2) is 0 Å². The van der Waals surface area contributed by atoms with E-state index in [1.807, 2.05) is 13.8 Å². The van der Waals surface area contributed by atoms with Crippen LogP contribution < -0.4 is 0 Å². The fourth-order valence-electron chi connectivity index (χ4n) is 0.132. The van der Waals surface area contributed by atoms with Gasteiger partial charge in [-0.3, -0.25) is 10.5 Å². The molecule has 0 aliphatic rings. The van der Waals surface area contributed by atoms with E-state index in [1.165, 1.54) is 0 Å². The van der Waals surface area contributed by atoms with Gasteiger partial charge in [-0.05, 0) is 6.92 Å². The van der Waals surface area contributed by atoms with Crippen LogP contribution in [0.2, 0.25) is 0 Å². The van der Waals surface area contributed by atoms with Crippen LogP contribution in [0, 0.1) is 5.41 Å². The monoisotopic (exact) mass is 152 g/mol. The molecule has 64 valence electrons. The molecule has 0 saturated carbocycles. The van der Waals surface area contributed by atoms with Gasteiger partial charge < -0.3 is 10.2 Å². The van der Waals surface area contributed by atoms with Crippen LogP contribution in [0.5, 0.6) is 0 Å². The van der Waals surface area contributed by atoms with Gasteiger partial charge in [-0.15, -0.1) is 0 Å². The van der Waals surface area contributed by atoms with E-state index in [4.69, 9.17) is 20.7 Å². The van der Waals surface area contributed by atoms with Gasteiger partial charge in [-0.1, -0.05) is 13.8 Å². The maximum atomic E-state index is 8.92. The average Bonchev–Trinajstić information content (AvgIpc) is 1.92. The van der Waals surface area contributed by atoms with Crippen LogP contribution in [0.1, 0.15) is 20.8 Å². The van der Waals surface area contributed by atoms with Gasteiger partial charge in [0.2, 0.25) is 0 Å². The third kappa shape index (κ3) is 4.69. The topological polar surface area (TPSA) is 80.9 Å². The highest BCUT2D eigenvalue weighted by Crippen LogP contribution is 2.17. The minimum absolute atomic E-state index is 0.0324. The molecule has 0 amide bonds. The zero-order valence-electron chi connectivity index (χ0n) is 6.57. The van der Waals surface area contributed by atoms with Crippen molar-refractivity contribution in [1.29, 1.82) is 0 Å². The zero-order valence-corrected chi connectivity index (χ0v) is 6.57. The van der Waals surface area contributed by atoms with Crippen molar-refractivity contribution >= 4 is 0 Å². The second-order valence-corrected chi connectivity index (χ2v) is 2.82. The summed E-state index contributed by atoms with van der Waals surface area (Å²) in [5.74, 6) is 0. The lowest BCUT2D eigenvalue weighted by Gasteiger charge is -2.24. The van der Waals surface area contributed by atoms with Crippen LogP contribution in [0.4, 0.5) is 0 Å². The molecule has 0 spiro atoms. The Hall–Kier alpha value is -0.160. The molecule has 1 atom stereocenters. The van der Waals surface area contributed by atoms with Crippen molar-refractivity contribution in [2.75, 3.05) is 6.61 Å². The molecule has 0 radical (unpaired) electrons. The van der Waals surface area contributed by atoms with Crippen molar-refractivity contribution in [2.45, 2.75) is 26.9 Å². The summed E-state index contributed by atoms with van der Waals surface area (Å²) in [4.78, 5) is 0. The van der Waals surface area contributed by atoms with Gasteiger partial charge in [-0.25, -0.2) is 0 Å². The van der Waals surface area contributed by atoms with E-state index in [-0.39, 0.29) is 12.0 Å². The first kappa shape index (κ1) is 12.5. The smallest absolute Gasteiger partial charge is 0.0584 e. The lowest BCUT2D eigenvalue weighted by atomic mass is 9.89. The lowest BCUT2D eigenvalue weighted by molar-refractivity contribution is -0.176. The molecule has 0 bridgehead atoms. The molecule has 4 N–H and O–H groups in total. The van der Waals surface area contributed by atoms with Crippen molar-refractivity contribution < 1.29 is 20.7 Å². The fourth-order valence-corrected chi connectivity index (χ4v) is 0.132. The van der Waals surface area contributed by atoms with Gasteiger partial charge in [0.25, 0.3) is 0 Å². The van der Waals surface area contributed by atoms with Crippen molar-refractivity contribution in [3.63, 3.8) is 0 Å². The van der Waals surface area contributed by atoms with E-state index in [1.54, 1.807) is 6.92 Å². The molecular formula is C6H16O4. The van der Waals surface area contributed by atoms with Crippen molar-refractivity contribution in [3.05, 3.63) is 0 Å². The molecule has 0 heterocycles. The Labute approximate surface area is 60.7 Å². The zero-order chi connectivity index (χ0) is 8.78. The van der Waals surface area contributed by atoms with Gasteiger partial charge >= 0.3 is 0 Å². The van der Waals surface area contributed by atoms with Gasteiger partial charge in [0.1, 0.15) is 0 Å². The average molecular weight is 152 g/mol. The Kier molecular flexibility index (Phi) is 7.02. The molecule has 0 aliphatic carbocycles. The third-order valence-electron chi connectivity index (χ3n) is 1.54. The highest BCUT2D eigenvalue weighted by atomic mass is 17.0. The summed E-state index contributed by atoms with van der Waals surface area (Å²) < 4.78 is 0. The highest BCUT2D eigenvalue weighted by Gasteiger charge is 2.22. The second kappa shape index (κ2) is 5.61. The molecule has 10 heavy (non-hydrogen) atoms. The molecule has 0 aliphatic heterocycles. The van der Waals surface area contributed by atoms with Crippen LogP contribution >= 0.6 is 0 Å². The molecule has 1 unspecified atom stereocenters. The van der Waals surface area contributed by atoms with Crippen molar-refractivity contribution in [1.82, 2.24) is 0 Å². The molecule has 0 fully saturated rings. The Morgan fingerprint density at radius 2 is 1.60 bits per heavy atom. The summed E-state index contributed by atoms with van der Waals surface area (Å²) in [6.45, 7) is 5.34. The first-order valence-corrected chi connectivity index (χ1v) is 2.99. The quantitative estimate of drug-likeness (QED) is 0.341. The summed E-state index contributed by atoms with van der Waals surface area (Å²) in [6.07, 6.45) is -0.438. The predicted octanol–water partition coefficient (Wildman–Crippen LogP) is 0.403. The van der Waals surface area contributed by atoms with E-state index in [0.717, 1.165) is 0 Å². The van der Waals surface area contributed by atoms with E-state index >= 15 is 0 Å². The molecule has 4 heteroatoms. The normalized spacial score (nSPS) is 13.5. The molecule has 0 saturated heterocycles.